The fourth-order valence-corrected chi connectivity index (χ4v) is 1.22. The molecule has 0 saturated carbocycles. The molecular formula is C10H7N4. The maximum absolute atomic E-state index is 8.61. The zero-order chi connectivity index (χ0) is 9.97. The van der Waals surface area contributed by atoms with Crippen LogP contribution < -0.4 is 5.73 Å². The highest BCUT2D eigenvalue weighted by Crippen LogP contribution is 2.27. The molecule has 0 amide bonds. The normalized spacial score (nSPS) is 15.3. The molecule has 0 aliphatic carbocycles. The lowest BCUT2D eigenvalue weighted by molar-refractivity contribution is 1.04. The molecule has 1 radical (unpaired) electrons. The summed E-state index contributed by atoms with van der Waals surface area (Å²) in [6, 6.07) is 9.18. The highest BCUT2D eigenvalue weighted by atomic mass is 15.2. The summed E-state index contributed by atoms with van der Waals surface area (Å²) in [6.45, 7) is 0. The molecule has 0 bridgehead atoms. The molecule has 0 spiro atoms. The average Bonchev–Trinajstić information content (AvgIpc) is 2.65. The summed E-state index contributed by atoms with van der Waals surface area (Å²) in [5.74, 6) is 0. The third-order valence-electron chi connectivity index (χ3n) is 1.95. The highest BCUT2D eigenvalue weighted by Gasteiger charge is 2.15. The van der Waals surface area contributed by atoms with Gasteiger partial charge < -0.3 is 0 Å². The van der Waals surface area contributed by atoms with Gasteiger partial charge in [-0.2, -0.15) is 15.5 Å². The fourth-order valence-electron chi connectivity index (χ4n) is 1.22. The van der Waals surface area contributed by atoms with Gasteiger partial charge in [-0.1, -0.05) is 12.1 Å². The van der Waals surface area contributed by atoms with Crippen LogP contribution in [0.15, 0.2) is 40.7 Å². The Labute approximate surface area is 81.4 Å². The van der Waals surface area contributed by atoms with Crippen molar-refractivity contribution < 1.29 is 0 Å². The molecule has 0 aromatic heterocycles. The largest absolute Gasteiger partial charge is 0.298 e. The molecule has 1 aromatic rings. The Balaban J connectivity index is 2.31. The first-order valence-electron chi connectivity index (χ1n) is 4.05. The summed E-state index contributed by atoms with van der Waals surface area (Å²) < 4.78 is 0. The summed E-state index contributed by atoms with van der Waals surface area (Å²) in [4.78, 5) is 0. The van der Waals surface area contributed by atoms with E-state index in [4.69, 9.17) is 11.0 Å². The third-order valence-corrected chi connectivity index (χ3v) is 1.95. The Morgan fingerprint density at radius 2 is 1.93 bits per heavy atom. The number of benzene rings is 1. The van der Waals surface area contributed by atoms with Crippen LogP contribution in [-0.4, -0.2) is 0 Å². The number of rotatable bonds is 1. The fraction of sp³-hybridized carbons (Fsp3) is 0. The maximum Gasteiger partial charge on any atom is 0.202 e. The molecule has 0 saturated heterocycles. The molecule has 1 aliphatic heterocycles. The summed E-state index contributed by atoms with van der Waals surface area (Å²) in [7, 11) is 0. The average molecular weight is 183 g/mol. The zero-order valence-corrected chi connectivity index (χ0v) is 7.31. The lowest BCUT2D eigenvalue weighted by Crippen LogP contribution is -2.05. The number of nitrogens with two attached hydrogens (primary N) is 1. The van der Waals surface area contributed by atoms with Crippen LogP contribution in [0.5, 0.6) is 0 Å². The smallest absolute Gasteiger partial charge is 0.202 e. The molecule has 14 heavy (non-hydrogen) atoms. The Morgan fingerprint density at radius 3 is 2.43 bits per heavy atom. The van der Waals surface area contributed by atoms with Crippen LogP contribution in [0.1, 0.15) is 11.1 Å². The van der Waals surface area contributed by atoms with Gasteiger partial charge in [0.25, 0.3) is 0 Å². The summed E-state index contributed by atoms with van der Waals surface area (Å²) in [5, 5.41) is 16.0. The lowest BCUT2D eigenvalue weighted by atomic mass is 10.0. The molecule has 0 atom stereocenters. The van der Waals surface area contributed by atoms with E-state index < -0.39 is 0 Å². The quantitative estimate of drug-likeness (QED) is 0.720. The minimum Gasteiger partial charge on any atom is -0.298 e. The van der Waals surface area contributed by atoms with Gasteiger partial charge in [0.05, 0.1) is 17.8 Å². The van der Waals surface area contributed by atoms with Crippen molar-refractivity contribution in [3.63, 3.8) is 0 Å². The molecule has 0 unspecified atom stereocenters. The second kappa shape index (κ2) is 3.40. The topological polar surface area (TPSA) is 74.5 Å². The standard InChI is InChI=1S/C10H7N4/c11-5-7-1-3-8(4-2-7)9-6-13-14-10(9)12/h1-4,6H,12H2. The zero-order valence-electron chi connectivity index (χ0n) is 7.31. The van der Waals surface area contributed by atoms with Gasteiger partial charge in [0.1, 0.15) is 0 Å². The van der Waals surface area contributed by atoms with Crippen molar-refractivity contribution in [2.75, 3.05) is 0 Å². The van der Waals surface area contributed by atoms with E-state index in [0.717, 1.165) is 11.1 Å². The van der Waals surface area contributed by atoms with Gasteiger partial charge >= 0.3 is 0 Å². The van der Waals surface area contributed by atoms with Crippen molar-refractivity contribution in [3.8, 4) is 6.07 Å². The molecule has 67 valence electrons. The number of azo groups is 1. The van der Waals surface area contributed by atoms with Crippen LogP contribution in [-0.2, 0) is 0 Å². The monoisotopic (exact) mass is 183 g/mol. The van der Waals surface area contributed by atoms with E-state index in [1.807, 2.05) is 12.1 Å². The number of hydrogen-bond donors (Lipinski definition) is 1. The molecule has 2 rings (SSSR count). The molecule has 1 aliphatic rings. The van der Waals surface area contributed by atoms with Gasteiger partial charge in [-0.15, -0.1) is 0 Å². The molecule has 1 heterocycles. The van der Waals surface area contributed by atoms with Gasteiger partial charge in [0.15, 0.2) is 0 Å². The predicted octanol–water partition coefficient (Wildman–Crippen LogP) is 1.81. The highest BCUT2D eigenvalue weighted by molar-refractivity contribution is 5.76. The van der Waals surface area contributed by atoms with Crippen LogP contribution in [0, 0.1) is 17.5 Å². The van der Waals surface area contributed by atoms with Gasteiger partial charge in [0, 0.05) is 5.57 Å². The molecule has 4 heteroatoms. The molecule has 4 nitrogen and oxygen atoms in total. The minimum atomic E-state index is 0.412. The first-order valence-corrected chi connectivity index (χ1v) is 4.05. The Hall–Kier alpha value is -1.99. The van der Waals surface area contributed by atoms with Crippen molar-refractivity contribution in [2.24, 2.45) is 16.0 Å². The van der Waals surface area contributed by atoms with Crippen molar-refractivity contribution in [1.82, 2.24) is 0 Å². The number of nitrogens with zero attached hydrogens (tertiary/aromatic N) is 3. The van der Waals surface area contributed by atoms with Gasteiger partial charge in [-0.05, 0) is 17.7 Å². The van der Waals surface area contributed by atoms with Crippen LogP contribution >= 0.6 is 0 Å². The first kappa shape index (κ1) is 8.60. The van der Waals surface area contributed by atoms with Crippen LogP contribution in [0.2, 0.25) is 0 Å². The molecular weight excluding hydrogens is 176 g/mol. The second-order valence-corrected chi connectivity index (χ2v) is 2.83. The van der Waals surface area contributed by atoms with E-state index in [0.29, 0.717) is 11.7 Å². The number of hydrogen-bond acceptors (Lipinski definition) is 4. The Bertz CT molecular complexity index is 436. The van der Waals surface area contributed by atoms with E-state index in [1.165, 1.54) is 0 Å². The minimum absolute atomic E-state index is 0.412. The van der Waals surface area contributed by atoms with Gasteiger partial charge in [0.2, 0.25) is 6.17 Å². The van der Waals surface area contributed by atoms with Crippen LogP contribution in [0.3, 0.4) is 0 Å². The Morgan fingerprint density at radius 1 is 1.21 bits per heavy atom. The maximum atomic E-state index is 8.61. The lowest BCUT2D eigenvalue weighted by Gasteiger charge is -2.03. The predicted molar refractivity (Wildman–Crippen MR) is 51.4 cm³/mol. The second-order valence-electron chi connectivity index (χ2n) is 2.83. The van der Waals surface area contributed by atoms with E-state index in [2.05, 4.69) is 16.3 Å². The van der Waals surface area contributed by atoms with Crippen LogP contribution in [0.25, 0.3) is 5.57 Å². The van der Waals surface area contributed by atoms with Crippen molar-refractivity contribution >= 4 is 5.57 Å². The van der Waals surface area contributed by atoms with Crippen LogP contribution in [0.4, 0.5) is 0 Å². The summed E-state index contributed by atoms with van der Waals surface area (Å²) in [5.41, 5.74) is 7.95. The van der Waals surface area contributed by atoms with Gasteiger partial charge in [-0.3, -0.25) is 5.73 Å². The van der Waals surface area contributed by atoms with Crippen molar-refractivity contribution in [1.29, 1.82) is 5.26 Å². The molecule has 2 N–H and O–H groups in total. The van der Waals surface area contributed by atoms with Gasteiger partial charge in [-0.25, -0.2) is 0 Å². The SMILES string of the molecule is N#Cc1ccc(C2=CN=N[C]2N)cc1. The van der Waals surface area contributed by atoms with Crippen molar-refractivity contribution in [2.45, 2.75) is 0 Å². The summed E-state index contributed by atoms with van der Waals surface area (Å²) in [6.07, 6.45) is 2.02. The third kappa shape index (κ3) is 1.41. The molecule has 1 aromatic carbocycles. The number of nitriles is 1. The van der Waals surface area contributed by atoms with E-state index in [1.54, 1.807) is 18.3 Å². The first-order chi connectivity index (χ1) is 6.81. The van der Waals surface area contributed by atoms with E-state index >= 15 is 0 Å². The van der Waals surface area contributed by atoms with Crippen molar-refractivity contribution in [3.05, 3.63) is 47.8 Å². The molecule has 0 fully saturated rings. The van der Waals surface area contributed by atoms with E-state index in [-0.39, 0.29) is 0 Å². The van der Waals surface area contributed by atoms with E-state index in [9.17, 15) is 0 Å². The Kier molecular flexibility index (Phi) is 2.09. The summed E-state index contributed by atoms with van der Waals surface area (Å²) >= 11 is 0.